The van der Waals surface area contributed by atoms with Crippen LogP contribution in [0.3, 0.4) is 0 Å². The fourth-order valence-electron chi connectivity index (χ4n) is 12.0. The number of hydrogen-bond donors (Lipinski definition) is 21. The summed E-state index contributed by atoms with van der Waals surface area (Å²) in [5, 5.41) is 215. The Bertz CT molecular complexity index is 2300. The Morgan fingerprint density at radius 1 is 0.289 bits per heavy atom. The number of aliphatic hydroxyl groups is 19. The molecule has 0 spiro atoms. The first-order valence-electron chi connectivity index (χ1n) is 29.4. The van der Waals surface area contributed by atoms with Crippen LogP contribution in [0.25, 0.3) is 0 Å². The predicted molar refractivity (Wildman–Crippen MR) is 281 cm³/mol. The molecule has 38 heteroatoms. The van der Waals surface area contributed by atoms with Crippen LogP contribution in [0.2, 0.25) is 0 Å². The Kier molecular flexibility index (Phi) is 25.1. The van der Waals surface area contributed by atoms with E-state index < -0.39 is 277 Å². The second-order valence-corrected chi connectivity index (χ2v) is 23.8. The first-order valence-corrected chi connectivity index (χ1v) is 29.4. The molecule has 0 aromatic heterocycles. The van der Waals surface area contributed by atoms with Gasteiger partial charge in [-0.1, -0.05) is 0 Å². The molecule has 2 amide bonds. The van der Waals surface area contributed by atoms with Gasteiger partial charge in [-0.15, -0.1) is 0 Å². The van der Waals surface area contributed by atoms with Gasteiger partial charge in [-0.25, -0.2) is 0 Å². The van der Waals surface area contributed by atoms with Crippen LogP contribution in [0.4, 0.5) is 0 Å². The van der Waals surface area contributed by atoms with Gasteiger partial charge in [-0.3, -0.25) is 9.59 Å². The van der Waals surface area contributed by atoms with Gasteiger partial charge in [0.05, 0.1) is 50.3 Å². The molecule has 0 radical (unpaired) electrons. The van der Waals surface area contributed by atoms with Gasteiger partial charge in [-0.2, -0.15) is 0 Å². The molecule has 8 heterocycles. The minimum absolute atomic E-state index is 0.676. The van der Waals surface area contributed by atoms with Crippen molar-refractivity contribution in [2.24, 2.45) is 0 Å². The molecular weight excluding hydrogens is 1230 g/mol. The molecule has 8 saturated heterocycles. The maximum Gasteiger partial charge on any atom is 0.217 e. The summed E-state index contributed by atoms with van der Waals surface area (Å²) in [6.07, 6.45) is -67.7. The fraction of sp³-hybridized carbons (Fsp3) is 0.962. The summed E-state index contributed by atoms with van der Waals surface area (Å²) in [7, 11) is 0. The van der Waals surface area contributed by atoms with Crippen LogP contribution >= 0.6 is 0 Å². The fourth-order valence-corrected chi connectivity index (χ4v) is 12.0. The summed E-state index contributed by atoms with van der Waals surface area (Å²) >= 11 is 0. The number of nitrogens with one attached hydrogen (secondary N) is 2. The van der Waals surface area contributed by atoms with Gasteiger partial charge >= 0.3 is 0 Å². The summed E-state index contributed by atoms with van der Waals surface area (Å²) in [5.41, 5.74) is 0. The zero-order valence-corrected chi connectivity index (χ0v) is 49.7. The molecular formula is C52H88N2O36. The molecule has 0 aromatic carbocycles. The van der Waals surface area contributed by atoms with E-state index in [9.17, 15) is 107 Å². The van der Waals surface area contributed by atoms with Crippen LogP contribution < -0.4 is 10.6 Å². The average molecular weight is 1320 g/mol. The van der Waals surface area contributed by atoms with E-state index >= 15 is 0 Å². The van der Waals surface area contributed by atoms with Gasteiger partial charge in [0.25, 0.3) is 0 Å². The molecule has 0 aromatic rings. The SMILES string of the molecule is CC(=O)N[C@@H]1[C@@H](O)[C@H](O[C@H]2O[C@@H](C)[C@H](O)[C@@H](O[C@@H]3O[C@@H](C)[C@H](O)[C@@H](O[C@@H]4O[C@@H](C)[C@H](O)[C@@H](O[C@@H]5O[C@@H](C)[C@H](O)[C@@H](O[C@@H]6O[C@H](CO)[C@@H](O)[C@H](O[C@H]7O[C@H](CO)[C@H](O)[C@H](O[C@@H]8O[C@@H](C)[C@H](O)[C@@H](O)[C@H]8O)[C@H]7O)[C@H]6NC(C)=O)[C@H]5O)[C@H]4O)[C@H]3O)[C@H]2O)[C@@H](CO)O[C@@H]1O. The molecule has 38 nitrogen and oxygen atoms in total. The lowest BCUT2D eigenvalue weighted by Gasteiger charge is -2.50. The van der Waals surface area contributed by atoms with E-state index in [1.165, 1.54) is 34.6 Å². The summed E-state index contributed by atoms with van der Waals surface area (Å²) in [6.45, 7) is 5.91. The standard InChI is InChI=1S/C52H88N2O36/c1-11-23(60)31(68)32(69)47(76-11)90-44-29(66)19(9-56)83-52(37(44)74)85-39-22(54-17(7)59)46(82-18(8-55)28(39)65)86-40-24(61)12(2)78-49(33(40)70)88-42-26(63)14(4)80-51(35(42)72)89-43-27(64)15(5)79-50(36(43)73)87-41-25(62)13(3)77-48(34(41)71)84-38-20(10-57)81-45(75)21(30(38)67)53-16(6)58/h11-15,18-52,55-57,60-75H,8-10H2,1-7H3,(H,53,58)(H,54,59)/t11-,12-,13-,14-,15-,18+,19+,20+,21+,22+,23-,24-,25-,26-,27-,28+,29-,30+,31+,32+,33+,34+,35+,36+,37+,38+,39+,40+,41+,42+,43+,44-,45-,46-,47-,48+,49-,50-,51-,52+/m0/s1. The van der Waals surface area contributed by atoms with Crippen molar-refractivity contribution < 1.29 is 178 Å². The van der Waals surface area contributed by atoms with Crippen LogP contribution in [-0.4, -0.2) is 374 Å². The third-order valence-corrected chi connectivity index (χ3v) is 17.3. The number of aliphatic hydroxyl groups excluding tert-OH is 19. The van der Waals surface area contributed by atoms with Crippen molar-refractivity contribution in [1.29, 1.82) is 0 Å². The minimum atomic E-state index is -2.16. The van der Waals surface area contributed by atoms with Crippen molar-refractivity contribution in [2.75, 3.05) is 19.8 Å². The van der Waals surface area contributed by atoms with Crippen molar-refractivity contribution in [3.8, 4) is 0 Å². The Labute approximate surface area is 513 Å². The lowest BCUT2D eigenvalue weighted by Crippen LogP contribution is -2.70. The van der Waals surface area contributed by atoms with Crippen LogP contribution in [-0.2, 0) is 80.6 Å². The molecule has 40 atom stereocenters. The Morgan fingerprint density at radius 2 is 0.567 bits per heavy atom. The number of amides is 2. The molecule has 0 unspecified atom stereocenters. The van der Waals surface area contributed by atoms with E-state index in [1.807, 2.05) is 0 Å². The maximum atomic E-state index is 12.9. The van der Waals surface area contributed by atoms with Crippen molar-refractivity contribution in [3.05, 3.63) is 0 Å². The quantitative estimate of drug-likeness (QED) is 0.0571. The number of rotatable bonds is 19. The monoisotopic (exact) mass is 1320 g/mol. The summed E-state index contributed by atoms with van der Waals surface area (Å²) in [6, 6.07) is -3.23. The number of ether oxygens (including phenoxy) is 15. The first-order chi connectivity index (χ1) is 42.3. The Hall–Kier alpha value is -2.42. The maximum absolute atomic E-state index is 12.9. The highest BCUT2D eigenvalue weighted by Gasteiger charge is 2.59. The highest BCUT2D eigenvalue weighted by molar-refractivity contribution is 5.73. The van der Waals surface area contributed by atoms with Crippen molar-refractivity contribution >= 4 is 11.8 Å². The molecule has 522 valence electrons. The lowest BCUT2D eigenvalue weighted by atomic mass is 9.94. The average Bonchev–Trinajstić information content (AvgIpc) is 1.11. The van der Waals surface area contributed by atoms with E-state index in [0.29, 0.717) is 0 Å². The highest BCUT2D eigenvalue weighted by Crippen LogP contribution is 2.39. The van der Waals surface area contributed by atoms with Crippen LogP contribution in [0.5, 0.6) is 0 Å². The molecule has 8 fully saturated rings. The summed E-state index contributed by atoms with van der Waals surface area (Å²) in [4.78, 5) is 24.7. The van der Waals surface area contributed by atoms with E-state index in [2.05, 4.69) is 10.6 Å². The zero-order chi connectivity index (χ0) is 66.4. The molecule has 21 N–H and O–H groups in total. The van der Waals surface area contributed by atoms with E-state index in [-0.39, 0.29) is 0 Å². The van der Waals surface area contributed by atoms with Gasteiger partial charge < -0.3 is 179 Å². The number of carbonyl (C=O) groups excluding carboxylic acids is 2. The third kappa shape index (κ3) is 15.4. The van der Waals surface area contributed by atoms with Crippen LogP contribution in [0.15, 0.2) is 0 Å². The van der Waals surface area contributed by atoms with Crippen molar-refractivity contribution in [2.45, 2.75) is 294 Å². The topological polar surface area (TPSA) is 581 Å². The Balaban J connectivity index is 0.957. The predicted octanol–water partition coefficient (Wildman–Crippen LogP) is -13.0. The molecule has 0 saturated carbocycles. The van der Waals surface area contributed by atoms with Gasteiger partial charge in [0.2, 0.25) is 11.8 Å². The van der Waals surface area contributed by atoms with Crippen LogP contribution in [0, 0.1) is 0 Å². The van der Waals surface area contributed by atoms with Crippen LogP contribution in [0.1, 0.15) is 48.5 Å². The second kappa shape index (κ2) is 30.8. The molecule has 8 aliphatic rings. The number of hydrogen-bond acceptors (Lipinski definition) is 36. The summed E-state index contributed by atoms with van der Waals surface area (Å²) < 4.78 is 87.1. The largest absolute Gasteiger partial charge is 0.394 e. The van der Waals surface area contributed by atoms with Crippen molar-refractivity contribution in [1.82, 2.24) is 10.6 Å². The molecule has 8 rings (SSSR count). The zero-order valence-electron chi connectivity index (χ0n) is 49.7. The normalized spacial score (nSPS) is 53.0. The molecule has 0 bridgehead atoms. The van der Waals surface area contributed by atoms with E-state index in [4.69, 9.17) is 71.1 Å². The van der Waals surface area contributed by atoms with Gasteiger partial charge in [0.15, 0.2) is 50.3 Å². The molecule has 90 heavy (non-hydrogen) atoms. The smallest absolute Gasteiger partial charge is 0.217 e. The minimum Gasteiger partial charge on any atom is -0.394 e. The van der Waals surface area contributed by atoms with Crippen molar-refractivity contribution in [3.63, 3.8) is 0 Å². The highest BCUT2D eigenvalue weighted by atomic mass is 16.8. The first kappa shape index (κ1) is 73.4. The number of carbonyl (C=O) groups is 2. The van der Waals surface area contributed by atoms with E-state index in [1.54, 1.807) is 0 Å². The lowest BCUT2D eigenvalue weighted by molar-refractivity contribution is -0.393. The van der Waals surface area contributed by atoms with Gasteiger partial charge in [-0.05, 0) is 34.6 Å². The van der Waals surface area contributed by atoms with E-state index in [0.717, 1.165) is 13.8 Å². The summed E-state index contributed by atoms with van der Waals surface area (Å²) in [5.74, 6) is -1.52. The van der Waals surface area contributed by atoms with Gasteiger partial charge in [0, 0.05) is 13.8 Å². The second-order valence-electron chi connectivity index (χ2n) is 23.8. The third-order valence-electron chi connectivity index (χ3n) is 17.3. The molecule has 8 aliphatic heterocycles. The van der Waals surface area contributed by atoms with Gasteiger partial charge in [0.1, 0.15) is 165 Å². The molecule has 0 aliphatic carbocycles. The Morgan fingerprint density at radius 3 is 0.933 bits per heavy atom.